The van der Waals surface area contributed by atoms with E-state index in [9.17, 15) is 24.3 Å². The van der Waals surface area contributed by atoms with Crippen LogP contribution in [0.3, 0.4) is 0 Å². The molecule has 10 heteroatoms. The van der Waals surface area contributed by atoms with Gasteiger partial charge >= 0.3 is 11.9 Å². The summed E-state index contributed by atoms with van der Waals surface area (Å²) < 4.78 is 8.16. The molecule has 0 saturated carbocycles. The summed E-state index contributed by atoms with van der Waals surface area (Å²) in [6.07, 6.45) is 0.425. The number of rotatable bonds is 13. The Kier molecular flexibility index (Phi) is 9.27. The van der Waals surface area contributed by atoms with Gasteiger partial charge in [-0.05, 0) is 51.3 Å². The Labute approximate surface area is 250 Å². The SMILES string of the molecule is C=C(CCC(C)=O)NC(CC(=O)O)C(=O)O[C@](CC)(C(C)=O)c1cc2n(c(=NC)c1CC)Cc1cc3ccccc3nc1-2. The molecule has 0 amide bonds. The number of carbonyl (C=O) groups excluding carboxylic acids is 3. The summed E-state index contributed by atoms with van der Waals surface area (Å²) in [5.41, 5.74) is 3.88. The van der Waals surface area contributed by atoms with E-state index in [0.717, 1.165) is 33.4 Å². The average Bonchev–Trinajstić information content (AvgIpc) is 3.32. The largest absolute Gasteiger partial charge is 0.481 e. The third kappa shape index (κ3) is 6.14. The van der Waals surface area contributed by atoms with Gasteiger partial charge in [0, 0.05) is 41.2 Å². The van der Waals surface area contributed by atoms with Crippen molar-refractivity contribution in [3.63, 3.8) is 0 Å². The van der Waals surface area contributed by atoms with Crippen LogP contribution >= 0.6 is 0 Å². The van der Waals surface area contributed by atoms with Crippen molar-refractivity contribution >= 4 is 34.4 Å². The van der Waals surface area contributed by atoms with Crippen LogP contribution in [0, 0.1) is 0 Å². The fraction of sp³-hybridized carbons (Fsp3) is 0.394. The number of carboxylic acid groups (broad SMARTS) is 1. The monoisotopic (exact) mass is 586 g/mol. The molecule has 0 aliphatic carbocycles. The molecule has 0 saturated heterocycles. The number of ketones is 2. The Morgan fingerprint density at radius 2 is 1.88 bits per heavy atom. The van der Waals surface area contributed by atoms with E-state index in [1.165, 1.54) is 13.8 Å². The smallest absolute Gasteiger partial charge is 0.330 e. The highest BCUT2D eigenvalue weighted by atomic mass is 16.6. The highest BCUT2D eigenvalue weighted by molar-refractivity contribution is 5.92. The van der Waals surface area contributed by atoms with E-state index in [0.29, 0.717) is 29.7 Å². The van der Waals surface area contributed by atoms with Gasteiger partial charge in [-0.2, -0.15) is 0 Å². The quantitative estimate of drug-likeness (QED) is 0.222. The van der Waals surface area contributed by atoms with Crippen LogP contribution in [0.2, 0.25) is 0 Å². The summed E-state index contributed by atoms with van der Waals surface area (Å²) in [5, 5.41) is 13.4. The number of carbonyl (C=O) groups is 4. The molecule has 4 rings (SSSR count). The minimum atomic E-state index is -1.71. The number of nitrogens with zero attached hydrogens (tertiary/aromatic N) is 3. The number of nitrogens with one attached hydrogen (secondary N) is 1. The highest BCUT2D eigenvalue weighted by Gasteiger charge is 2.44. The van der Waals surface area contributed by atoms with Gasteiger partial charge in [-0.3, -0.25) is 14.6 Å². The van der Waals surface area contributed by atoms with Crippen LogP contribution in [0.25, 0.3) is 22.3 Å². The molecule has 2 N–H and O–H groups in total. The maximum Gasteiger partial charge on any atom is 0.330 e. The lowest BCUT2D eigenvalue weighted by molar-refractivity contribution is -0.172. The zero-order chi connectivity index (χ0) is 31.5. The Balaban J connectivity index is 1.85. The molecule has 0 fully saturated rings. The van der Waals surface area contributed by atoms with Crippen molar-refractivity contribution in [2.45, 2.75) is 78.0 Å². The van der Waals surface area contributed by atoms with Crippen LogP contribution in [-0.2, 0) is 42.5 Å². The summed E-state index contributed by atoms with van der Waals surface area (Å²) in [7, 11) is 1.69. The molecule has 10 nitrogen and oxygen atoms in total. The number of para-hydroxylation sites is 1. The number of aliphatic carboxylic acids is 1. The number of Topliss-reactive ketones (excluding diaryl/α,β-unsaturated/α-hetero) is 2. The molecule has 0 bridgehead atoms. The maximum atomic E-state index is 13.7. The van der Waals surface area contributed by atoms with Crippen molar-refractivity contribution in [2.24, 2.45) is 4.99 Å². The standard InChI is InChI=1S/C33H38N4O6/c1-7-24-25(16-28-30-23(18-37(28)31(24)34-6)15-22-11-9-10-12-26(22)36-30)33(8-2,21(5)39)43-32(42)27(17-29(40)41)35-19(3)13-14-20(4)38/h9-12,15-16,27,35H,3,7-8,13-14,17-18H2,1-2,4-6H3,(H,40,41)/t27?,33-/m1/s1. The second-order valence-electron chi connectivity index (χ2n) is 10.9. The molecule has 1 unspecified atom stereocenters. The molecule has 3 heterocycles. The first-order valence-corrected chi connectivity index (χ1v) is 14.4. The summed E-state index contributed by atoms with van der Waals surface area (Å²) >= 11 is 0. The number of pyridine rings is 2. The Hall–Kier alpha value is -4.60. The number of esters is 1. The van der Waals surface area contributed by atoms with Crippen molar-refractivity contribution in [3.8, 4) is 11.4 Å². The molecule has 1 aromatic carbocycles. The van der Waals surface area contributed by atoms with E-state index in [1.54, 1.807) is 14.0 Å². The van der Waals surface area contributed by atoms with Crippen LogP contribution in [0.5, 0.6) is 0 Å². The Morgan fingerprint density at radius 3 is 2.49 bits per heavy atom. The fourth-order valence-corrected chi connectivity index (χ4v) is 5.78. The first-order chi connectivity index (χ1) is 20.4. The van der Waals surface area contributed by atoms with Crippen molar-refractivity contribution in [1.29, 1.82) is 0 Å². The minimum absolute atomic E-state index is 0.0651. The number of ether oxygens (including phenoxy) is 1. The third-order valence-electron chi connectivity index (χ3n) is 7.96. The lowest BCUT2D eigenvalue weighted by Gasteiger charge is -2.34. The van der Waals surface area contributed by atoms with Crippen molar-refractivity contribution in [3.05, 3.63) is 70.9 Å². The molecule has 43 heavy (non-hydrogen) atoms. The third-order valence-corrected chi connectivity index (χ3v) is 7.96. The van der Waals surface area contributed by atoms with Gasteiger partial charge in [0.15, 0.2) is 11.4 Å². The summed E-state index contributed by atoms with van der Waals surface area (Å²) in [6, 6.07) is 10.5. The second kappa shape index (κ2) is 12.7. The molecule has 1 aliphatic heterocycles. The second-order valence-corrected chi connectivity index (χ2v) is 10.9. The van der Waals surface area contributed by atoms with E-state index >= 15 is 0 Å². The molecule has 226 valence electrons. The van der Waals surface area contributed by atoms with Crippen LogP contribution in [-0.4, -0.2) is 51.3 Å². The van der Waals surface area contributed by atoms with Gasteiger partial charge in [0.05, 0.1) is 29.9 Å². The van der Waals surface area contributed by atoms with Gasteiger partial charge in [-0.25, -0.2) is 9.78 Å². The van der Waals surface area contributed by atoms with Crippen molar-refractivity contribution < 1.29 is 29.0 Å². The molecular formula is C33H38N4O6. The molecule has 3 aromatic rings. The van der Waals surface area contributed by atoms with E-state index in [4.69, 9.17) is 9.72 Å². The van der Waals surface area contributed by atoms with Crippen LogP contribution in [0.15, 0.2) is 53.7 Å². The van der Waals surface area contributed by atoms with E-state index in [-0.39, 0.29) is 25.0 Å². The van der Waals surface area contributed by atoms with Crippen LogP contribution in [0.1, 0.15) is 70.1 Å². The molecule has 0 radical (unpaired) electrons. The van der Waals surface area contributed by atoms with Gasteiger partial charge in [0.2, 0.25) is 0 Å². The fourth-order valence-electron chi connectivity index (χ4n) is 5.78. The van der Waals surface area contributed by atoms with E-state index in [2.05, 4.69) is 27.5 Å². The average molecular weight is 587 g/mol. The lowest BCUT2D eigenvalue weighted by atomic mass is 9.83. The molecule has 2 atom stereocenters. The van der Waals surface area contributed by atoms with Crippen LogP contribution in [0.4, 0.5) is 0 Å². The summed E-state index contributed by atoms with van der Waals surface area (Å²) in [5.74, 6) is -2.61. The summed E-state index contributed by atoms with van der Waals surface area (Å²) in [4.78, 5) is 59.9. The van der Waals surface area contributed by atoms with Gasteiger partial charge in [-0.15, -0.1) is 0 Å². The number of allylic oxidation sites excluding steroid dienone is 1. The normalized spacial score (nSPS) is 14.4. The number of fused-ring (bicyclic) bond motifs is 4. The van der Waals surface area contributed by atoms with Gasteiger partial charge in [-0.1, -0.05) is 38.6 Å². The molecule has 0 spiro atoms. The Bertz CT molecular complexity index is 1710. The maximum absolute atomic E-state index is 13.7. The number of aromatic nitrogens is 2. The van der Waals surface area contributed by atoms with Crippen molar-refractivity contribution in [1.82, 2.24) is 14.9 Å². The first kappa shape index (κ1) is 31.3. The van der Waals surface area contributed by atoms with Crippen molar-refractivity contribution in [2.75, 3.05) is 7.05 Å². The van der Waals surface area contributed by atoms with Gasteiger partial charge < -0.3 is 24.5 Å². The zero-order valence-corrected chi connectivity index (χ0v) is 25.3. The van der Waals surface area contributed by atoms with Crippen LogP contribution < -0.4 is 10.8 Å². The minimum Gasteiger partial charge on any atom is -0.481 e. The predicted molar refractivity (Wildman–Crippen MR) is 162 cm³/mol. The van der Waals surface area contributed by atoms with Gasteiger partial charge in [0.25, 0.3) is 0 Å². The Morgan fingerprint density at radius 1 is 1.16 bits per heavy atom. The number of hydrogen-bond acceptors (Lipinski definition) is 8. The zero-order valence-electron chi connectivity index (χ0n) is 25.3. The predicted octanol–water partition coefficient (Wildman–Crippen LogP) is 4.21. The van der Waals surface area contributed by atoms with E-state index < -0.39 is 35.8 Å². The highest BCUT2D eigenvalue weighted by Crippen LogP contribution is 2.39. The molecule has 2 aromatic heterocycles. The van der Waals surface area contributed by atoms with Gasteiger partial charge in [0.1, 0.15) is 17.3 Å². The molecular weight excluding hydrogens is 548 g/mol. The first-order valence-electron chi connectivity index (χ1n) is 14.4. The number of benzene rings is 1. The number of carboxylic acids is 1. The topological polar surface area (TPSA) is 140 Å². The lowest BCUT2D eigenvalue weighted by Crippen LogP contribution is -2.47. The summed E-state index contributed by atoms with van der Waals surface area (Å²) in [6.45, 7) is 10.9. The molecule has 1 aliphatic rings. The van der Waals surface area contributed by atoms with E-state index in [1.807, 2.05) is 37.3 Å². The number of hydrogen-bond donors (Lipinski definition) is 2.